The summed E-state index contributed by atoms with van der Waals surface area (Å²) in [6.45, 7) is 3.56. The van der Waals surface area contributed by atoms with Gasteiger partial charge in [0.2, 0.25) is 5.82 Å². The number of para-hydroxylation sites is 2. The zero-order valence-corrected chi connectivity index (χ0v) is 12.1. The molecule has 1 heterocycles. The van der Waals surface area contributed by atoms with E-state index >= 15 is 0 Å². The lowest BCUT2D eigenvalue weighted by Crippen LogP contribution is -2.07. The molecule has 0 aliphatic rings. The molecule has 2 N–H and O–H groups in total. The number of aromatic amines is 1. The molecule has 0 aliphatic heterocycles. The van der Waals surface area contributed by atoms with Crippen LogP contribution in [0.25, 0.3) is 5.57 Å². The summed E-state index contributed by atoms with van der Waals surface area (Å²) in [5, 5.41) is 25.4. The van der Waals surface area contributed by atoms with Gasteiger partial charge in [-0.3, -0.25) is 0 Å². The molecular formula is C14H16N6O2. The van der Waals surface area contributed by atoms with E-state index in [0.717, 1.165) is 5.69 Å². The predicted octanol–water partition coefficient (Wildman–Crippen LogP) is 1.59. The first-order valence-electron chi connectivity index (χ1n) is 6.75. The summed E-state index contributed by atoms with van der Waals surface area (Å²) in [5.74, 6) is 0.897. The van der Waals surface area contributed by atoms with Crippen LogP contribution in [0.2, 0.25) is 0 Å². The second kappa shape index (κ2) is 8.39. The highest BCUT2D eigenvalue weighted by Gasteiger charge is 2.07. The van der Waals surface area contributed by atoms with Crippen LogP contribution in [0.1, 0.15) is 12.7 Å². The molecule has 0 amide bonds. The summed E-state index contributed by atoms with van der Waals surface area (Å²) in [6.07, 6.45) is 1.51. The highest BCUT2D eigenvalue weighted by atomic mass is 16.5. The Hall–Kier alpha value is -2.92. The Kier molecular flexibility index (Phi) is 5.90. The van der Waals surface area contributed by atoms with Crippen molar-refractivity contribution in [3.63, 3.8) is 0 Å². The number of ether oxygens (including phenoxy) is 2. The molecule has 8 nitrogen and oxygen atoms in total. The van der Waals surface area contributed by atoms with Gasteiger partial charge in [-0.1, -0.05) is 12.1 Å². The number of rotatable bonds is 8. The summed E-state index contributed by atoms with van der Waals surface area (Å²) in [4.78, 5) is 0. The standard InChI is InChI=1S/C14H16N6O2/c1-2-21-7-8-22-13-6-4-3-5-12(13)16-10-11(9-15)14-17-19-20-18-14/h3-6,10,16H,2,7-8H2,1H3,(H,17,18,19,20). The number of hydrogen-bond acceptors (Lipinski definition) is 7. The van der Waals surface area contributed by atoms with Gasteiger partial charge in [0.25, 0.3) is 0 Å². The lowest BCUT2D eigenvalue weighted by atomic mass is 10.2. The SMILES string of the molecule is CCOCCOc1ccccc1NC=C(C#N)c1nn[nH]n1. The third-order valence-electron chi connectivity index (χ3n) is 2.66. The van der Waals surface area contributed by atoms with E-state index in [1.807, 2.05) is 37.3 Å². The number of nitrogens with one attached hydrogen (secondary N) is 2. The minimum absolute atomic E-state index is 0.227. The van der Waals surface area contributed by atoms with Gasteiger partial charge in [0, 0.05) is 12.8 Å². The zero-order valence-electron chi connectivity index (χ0n) is 12.1. The largest absolute Gasteiger partial charge is 0.489 e. The lowest BCUT2D eigenvalue weighted by Gasteiger charge is -2.11. The van der Waals surface area contributed by atoms with Crippen LogP contribution < -0.4 is 10.1 Å². The van der Waals surface area contributed by atoms with E-state index in [0.29, 0.717) is 25.6 Å². The number of hydrogen-bond donors (Lipinski definition) is 2. The molecule has 0 atom stereocenters. The molecule has 2 aromatic rings. The second-order valence-electron chi connectivity index (χ2n) is 4.09. The minimum atomic E-state index is 0.227. The summed E-state index contributed by atoms with van der Waals surface area (Å²) in [6, 6.07) is 9.43. The predicted molar refractivity (Wildman–Crippen MR) is 79.8 cm³/mol. The van der Waals surface area contributed by atoms with E-state index in [9.17, 15) is 0 Å². The number of nitrogens with zero attached hydrogens (tertiary/aromatic N) is 4. The van der Waals surface area contributed by atoms with Crippen molar-refractivity contribution in [2.24, 2.45) is 0 Å². The molecule has 0 saturated carbocycles. The molecule has 0 bridgehead atoms. The van der Waals surface area contributed by atoms with Crippen LogP contribution in [-0.4, -0.2) is 40.4 Å². The maximum absolute atomic E-state index is 9.12. The fraction of sp³-hybridized carbons (Fsp3) is 0.286. The fourth-order valence-corrected chi connectivity index (χ4v) is 1.64. The number of nitriles is 1. The van der Waals surface area contributed by atoms with E-state index < -0.39 is 0 Å². The molecule has 0 saturated heterocycles. The Bertz CT molecular complexity index is 648. The second-order valence-corrected chi connectivity index (χ2v) is 4.09. The molecule has 0 unspecified atom stereocenters. The molecular weight excluding hydrogens is 284 g/mol. The monoisotopic (exact) mass is 300 g/mol. The van der Waals surface area contributed by atoms with Crippen molar-refractivity contribution < 1.29 is 9.47 Å². The topological polar surface area (TPSA) is 109 Å². The molecule has 1 aromatic heterocycles. The summed E-state index contributed by atoms with van der Waals surface area (Å²) in [7, 11) is 0. The molecule has 0 aliphatic carbocycles. The van der Waals surface area contributed by atoms with Gasteiger partial charge in [-0.2, -0.15) is 10.5 Å². The molecule has 22 heavy (non-hydrogen) atoms. The quantitative estimate of drug-likeness (QED) is 0.563. The average Bonchev–Trinajstić information content (AvgIpc) is 3.08. The Morgan fingerprint density at radius 3 is 3.00 bits per heavy atom. The normalized spacial score (nSPS) is 11.0. The van der Waals surface area contributed by atoms with E-state index in [2.05, 4.69) is 25.9 Å². The van der Waals surface area contributed by atoms with Crippen LogP contribution in [0.5, 0.6) is 5.75 Å². The number of aromatic nitrogens is 4. The number of anilines is 1. The summed E-state index contributed by atoms with van der Waals surface area (Å²) >= 11 is 0. The van der Waals surface area contributed by atoms with Gasteiger partial charge in [-0.15, -0.1) is 10.2 Å². The van der Waals surface area contributed by atoms with Crippen molar-refractivity contribution in [3.8, 4) is 11.8 Å². The summed E-state index contributed by atoms with van der Waals surface area (Å²) in [5.41, 5.74) is 0.994. The third-order valence-corrected chi connectivity index (χ3v) is 2.66. The average molecular weight is 300 g/mol. The number of tetrazole rings is 1. The van der Waals surface area contributed by atoms with Crippen LogP contribution >= 0.6 is 0 Å². The summed E-state index contributed by atoms with van der Waals surface area (Å²) < 4.78 is 10.9. The van der Waals surface area contributed by atoms with Crippen molar-refractivity contribution in [2.45, 2.75) is 6.92 Å². The van der Waals surface area contributed by atoms with E-state index in [1.165, 1.54) is 6.20 Å². The van der Waals surface area contributed by atoms with Gasteiger partial charge in [0.1, 0.15) is 24.0 Å². The van der Waals surface area contributed by atoms with E-state index in [4.69, 9.17) is 14.7 Å². The molecule has 8 heteroatoms. The minimum Gasteiger partial charge on any atom is -0.489 e. The highest BCUT2D eigenvalue weighted by molar-refractivity contribution is 5.74. The molecule has 0 fully saturated rings. The number of allylic oxidation sites excluding steroid dienone is 1. The molecule has 2 rings (SSSR count). The lowest BCUT2D eigenvalue weighted by molar-refractivity contribution is 0.110. The first kappa shape index (κ1) is 15.5. The van der Waals surface area contributed by atoms with Gasteiger partial charge >= 0.3 is 0 Å². The van der Waals surface area contributed by atoms with Crippen LogP contribution in [0.15, 0.2) is 30.5 Å². The van der Waals surface area contributed by atoms with Gasteiger partial charge in [0.15, 0.2) is 0 Å². The Balaban J connectivity index is 2.04. The Morgan fingerprint density at radius 1 is 1.41 bits per heavy atom. The van der Waals surface area contributed by atoms with Gasteiger partial charge in [0.05, 0.1) is 12.3 Å². The van der Waals surface area contributed by atoms with Gasteiger partial charge in [-0.05, 0) is 24.3 Å². The maximum atomic E-state index is 9.12. The van der Waals surface area contributed by atoms with Crippen LogP contribution in [0.4, 0.5) is 5.69 Å². The Morgan fingerprint density at radius 2 is 2.27 bits per heavy atom. The fourth-order valence-electron chi connectivity index (χ4n) is 1.64. The number of H-pyrrole nitrogens is 1. The van der Waals surface area contributed by atoms with Crippen molar-refractivity contribution >= 4 is 11.3 Å². The van der Waals surface area contributed by atoms with Crippen molar-refractivity contribution in [1.29, 1.82) is 5.26 Å². The van der Waals surface area contributed by atoms with Crippen molar-refractivity contribution in [3.05, 3.63) is 36.3 Å². The zero-order chi connectivity index (χ0) is 15.6. The maximum Gasteiger partial charge on any atom is 0.216 e. The Labute approximate surface area is 127 Å². The van der Waals surface area contributed by atoms with Crippen molar-refractivity contribution in [2.75, 3.05) is 25.1 Å². The van der Waals surface area contributed by atoms with Crippen LogP contribution in [0, 0.1) is 11.3 Å². The number of benzene rings is 1. The van der Waals surface area contributed by atoms with E-state index in [1.54, 1.807) is 0 Å². The first-order valence-corrected chi connectivity index (χ1v) is 6.75. The smallest absolute Gasteiger partial charge is 0.216 e. The van der Waals surface area contributed by atoms with Crippen LogP contribution in [-0.2, 0) is 4.74 Å². The van der Waals surface area contributed by atoms with E-state index in [-0.39, 0.29) is 11.4 Å². The molecule has 0 spiro atoms. The molecule has 114 valence electrons. The van der Waals surface area contributed by atoms with Gasteiger partial charge < -0.3 is 14.8 Å². The van der Waals surface area contributed by atoms with Crippen LogP contribution in [0.3, 0.4) is 0 Å². The first-order chi connectivity index (χ1) is 10.8. The third kappa shape index (κ3) is 4.29. The highest BCUT2D eigenvalue weighted by Crippen LogP contribution is 2.24. The molecule has 1 aromatic carbocycles. The van der Waals surface area contributed by atoms with Gasteiger partial charge in [-0.25, -0.2) is 0 Å². The van der Waals surface area contributed by atoms with Crippen molar-refractivity contribution in [1.82, 2.24) is 20.6 Å². The molecule has 0 radical (unpaired) electrons.